The fourth-order valence-corrected chi connectivity index (χ4v) is 3.65. The highest BCUT2D eigenvalue weighted by Crippen LogP contribution is 2.39. The molecule has 0 heterocycles. The van der Waals surface area contributed by atoms with Crippen molar-refractivity contribution in [3.05, 3.63) is 63.7 Å². The van der Waals surface area contributed by atoms with Crippen LogP contribution in [0.1, 0.15) is 56.9 Å². The number of nitrogens with one attached hydrogen (secondary N) is 1. The van der Waals surface area contributed by atoms with Gasteiger partial charge in [-0.15, -0.1) is 0 Å². The van der Waals surface area contributed by atoms with Gasteiger partial charge in [-0.3, -0.25) is 0 Å². The lowest BCUT2D eigenvalue weighted by Gasteiger charge is -2.39. The van der Waals surface area contributed by atoms with Crippen LogP contribution in [-0.4, -0.2) is 13.6 Å². The largest absolute Gasteiger partial charge is 0.482 e. The predicted octanol–water partition coefficient (Wildman–Crippen LogP) is 5.63. The minimum atomic E-state index is -0.618. The molecule has 0 aliphatic carbocycles. The summed E-state index contributed by atoms with van der Waals surface area (Å²) in [6.45, 7) is 15.4. The van der Waals surface area contributed by atoms with Crippen LogP contribution in [0.5, 0.6) is 5.75 Å². The second-order valence-corrected chi connectivity index (χ2v) is 7.58. The highest BCUT2D eigenvalue weighted by atomic mass is 16.5. The maximum atomic E-state index is 8.63. The van der Waals surface area contributed by atoms with Crippen LogP contribution in [0.4, 0.5) is 0 Å². The first-order valence-electron chi connectivity index (χ1n) is 10.6. The van der Waals surface area contributed by atoms with Gasteiger partial charge in [0.25, 0.3) is 0 Å². The van der Waals surface area contributed by atoms with E-state index in [9.17, 15) is 0 Å². The lowest BCUT2D eigenvalue weighted by Crippen LogP contribution is -2.42. The molecule has 142 valence electrons. The van der Waals surface area contributed by atoms with E-state index < -0.39 is 5.60 Å². The number of benzene rings is 2. The van der Waals surface area contributed by atoms with Crippen LogP contribution in [0.2, 0.25) is 0 Å². The van der Waals surface area contributed by atoms with Crippen molar-refractivity contribution in [2.24, 2.45) is 5.92 Å². The van der Waals surface area contributed by atoms with E-state index in [1.807, 2.05) is 20.9 Å². The van der Waals surface area contributed by atoms with Gasteiger partial charge in [0.1, 0.15) is 11.4 Å². The average molecular weight is 356 g/mol. The Balaban J connectivity index is 2.74. The summed E-state index contributed by atoms with van der Waals surface area (Å²) >= 11 is 0. The first-order chi connectivity index (χ1) is 13.1. The van der Waals surface area contributed by atoms with E-state index >= 15 is 0 Å². The summed E-state index contributed by atoms with van der Waals surface area (Å²) < 4.78 is 23.8. The molecule has 2 aromatic rings. The molecule has 0 bridgehead atoms. The third kappa shape index (κ3) is 3.81. The molecule has 2 nitrogen and oxygen atoms in total. The van der Waals surface area contributed by atoms with E-state index in [-0.39, 0.29) is 18.0 Å². The summed E-state index contributed by atoms with van der Waals surface area (Å²) in [5, 5.41) is 3.27. The zero-order chi connectivity index (χ0) is 21.2. The van der Waals surface area contributed by atoms with E-state index in [1.54, 1.807) is 0 Å². The Labute approximate surface area is 162 Å². The van der Waals surface area contributed by atoms with Crippen molar-refractivity contribution in [1.82, 2.24) is 5.32 Å². The Morgan fingerprint density at radius 1 is 1.12 bits per heavy atom. The molecule has 2 atom stereocenters. The average Bonchev–Trinajstić information content (AvgIpc) is 2.66. The van der Waals surface area contributed by atoms with Crippen LogP contribution in [0.15, 0.2) is 30.3 Å². The molecule has 1 N–H and O–H groups in total. The van der Waals surface area contributed by atoms with Gasteiger partial charge in [-0.2, -0.15) is 0 Å². The molecule has 2 rings (SSSR count). The van der Waals surface area contributed by atoms with Crippen LogP contribution in [0.3, 0.4) is 0 Å². The number of aryl methyl sites for hydroxylation is 1. The Morgan fingerprint density at radius 3 is 2.42 bits per heavy atom. The first kappa shape index (κ1) is 17.6. The Bertz CT molecular complexity index is 862. The molecular formula is C24H35NO. The lowest BCUT2D eigenvalue weighted by atomic mass is 9.80. The number of hydrogen-bond acceptors (Lipinski definition) is 2. The van der Waals surface area contributed by atoms with Crippen LogP contribution in [-0.2, 0) is 12.0 Å². The molecule has 0 radical (unpaired) electrons. The van der Waals surface area contributed by atoms with Gasteiger partial charge in [0.05, 0.1) is 2.74 Å². The van der Waals surface area contributed by atoms with Crippen LogP contribution < -0.4 is 10.1 Å². The second kappa shape index (κ2) is 8.26. The molecule has 26 heavy (non-hydrogen) atoms. The molecule has 1 unspecified atom stereocenters. The maximum Gasteiger partial charge on any atom is 0.135 e. The van der Waals surface area contributed by atoms with E-state index in [1.165, 1.54) is 11.1 Å². The molecule has 0 spiro atoms. The zero-order valence-electron chi connectivity index (χ0n) is 19.6. The molecule has 0 aliphatic rings. The second-order valence-electron chi connectivity index (χ2n) is 7.58. The summed E-state index contributed by atoms with van der Waals surface area (Å²) in [7, 11) is 1.95. The molecule has 0 saturated heterocycles. The lowest BCUT2D eigenvalue weighted by molar-refractivity contribution is 0.0283. The van der Waals surface area contributed by atoms with Crippen molar-refractivity contribution in [1.29, 1.82) is 0 Å². The predicted molar refractivity (Wildman–Crippen MR) is 112 cm³/mol. The molecule has 2 heteroatoms. The molecular weight excluding hydrogens is 318 g/mol. The van der Waals surface area contributed by atoms with Crippen molar-refractivity contribution >= 4 is 0 Å². The fraction of sp³-hybridized carbons (Fsp3) is 0.500. The molecule has 0 saturated carbocycles. The van der Waals surface area contributed by atoms with E-state index in [4.69, 9.17) is 7.48 Å². The third-order valence-electron chi connectivity index (χ3n) is 5.91. The quantitative estimate of drug-likeness (QED) is 0.695. The summed E-state index contributed by atoms with van der Waals surface area (Å²) in [6, 6.07) is 6.77. The molecule has 0 amide bonds. The smallest absolute Gasteiger partial charge is 0.135 e. The standard InChI is InChI=1S/C24H35NO/c1-9-21-19(5)17(3)13-14-23(21)26-24(7,18(4)15-25-8)22-12-10-11-16(2)20(22)6/h10-14,18,25H,9,15H2,1-8H3/t18?,24-/m1/s1/i13D,14D. The fourth-order valence-electron chi connectivity index (χ4n) is 3.65. The molecule has 0 fully saturated rings. The van der Waals surface area contributed by atoms with Crippen LogP contribution in [0.25, 0.3) is 0 Å². The van der Waals surface area contributed by atoms with Gasteiger partial charge in [0.15, 0.2) is 0 Å². The van der Waals surface area contributed by atoms with Crippen molar-refractivity contribution in [3.63, 3.8) is 0 Å². The summed E-state index contributed by atoms with van der Waals surface area (Å²) in [6.07, 6.45) is 0.775. The Hall–Kier alpha value is -1.80. The maximum absolute atomic E-state index is 8.63. The molecule has 0 aliphatic heterocycles. The van der Waals surface area contributed by atoms with Gasteiger partial charge in [-0.25, -0.2) is 0 Å². The SMILES string of the molecule is [2H]c1c([2H])c(O[C@@](C)(c2cccc(C)c2C)C(C)CNC)c(CC)c(C)c1C. The zero-order valence-corrected chi connectivity index (χ0v) is 17.6. The van der Waals surface area contributed by atoms with Crippen molar-refractivity contribution in [2.45, 2.75) is 60.5 Å². The Morgan fingerprint density at radius 2 is 1.81 bits per heavy atom. The highest BCUT2D eigenvalue weighted by Gasteiger charge is 2.37. The van der Waals surface area contributed by atoms with Gasteiger partial charge < -0.3 is 10.1 Å². The van der Waals surface area contributed by atoms with Gasteiger partial charge >= 0.3 is 0 Å². The van der Waals surface area contributed by atoms with Gasteiger partial charge in [0.2, 0.25) is 0 Å². The first-order valence-corrected chi connectivity index (χ1v) is 9.59. The number of rotatable bonds is 7. The summed E-state index contributed by atoms with van der Waals surface area (Å²) in [5.74, 6) is 0.722. The topological polar surface area (TPSA) is 21.3 Å². The summed E-state index contributed by atoms with van der Waals surface area (Å²) in [4.78, 5) is 0. The van der Waals surface area contributed by atoms with E-state index in [0.29, 0.717) is 5.75 Å². The van der Waals surface area contributed by atoms with Gasteiger partial charge in [-0.1, -0.05) is 38.1 Å². The molecule has 2 aromatic carbocycles. The summed E-state index contributed by atoms with van der Waals surface area (Å²) in [5.41, 5.74) is 5.93. The highest BCUT2D eigenvalue weighted by molar-refractivity contribution is 5.46. The Kier molecular flexibility index (Phi) is 5.59. The number of hydrogen-bond donors (Lipinski definition) is 1. The van der Waals surface area contributed by atoms with Crippen molar-refractivity contribution in [3.8, 4) is 5.75 Å². The number of ether oxygens (including phenoxy) is 1. The third-order valence-corrected chi connectivity index (χ3v) is 5.91. The normalized spacial score (nSPS) is 15.8. The van der Waals surface area contributed by atoms with Crippen molar-refractivity contribution in [2.75, 3.05) is 13.6 Å². The van der Waals surface area contributed by atoms with Gasteiger partial charge in [-0.05, 0) is 87.5 Å². The minimum Gasteiger partial charge on any atom is -0.482 e. The molecule has 0 aromatic heterocycles. The van der Waals surface area contributed by atoms with E-state index in [2.05, 4.69) is 58.1 Å². The van der Waals surface area contributed by atoms with Crippen LogP contribution in [0, 0.1) is 33.6 Å². The monoisotopic (exact) mass is 355 g/mol. The minimum absolute atomic E-state index is 0.165. The van der Waals surface area contributed by atoms with Crippen LogP contribution >= 0.6 is 0 Å². The van der Waals surface area contributed by atoms with Crippen molar-refractivity contribution < 1.29 is 7.48 Å². The van der Waals surface area contributed by atoms with Gasteiger partial charge in [0, 0.05) is 12.5 Å². The van der Waals surface area contributed by atoms with E-state index in [0.717, 1.165) is 35.2 Å².